The standard InChI is InChI=1S/C11H14ClN5O/c1-7-2-3-16(8(7)5-18)10-4-9(12)15-11-13-6-14-17(10)11/h4,6-8,18H,2-3,5H2,1H3. The number of rotatable bonds is 2. The molecule has 6 nitrogen and oxygen atoms in total. The van der Waals surface area contributed by atoms with E-state index in [0.29, 0.717) is 16.8 Å². The van der Waals surface area contributed by atoms with Gasteiger partial charge in [-0.15, -0.1) is 0 Å². The molecule has 3 rings (SSSR count). The summed E-state index contributed by atoms with van der Waals surface area (Å²) in [6, 6.07) is 1.86. The minimum absolute atomic E-state index is 0.0934. The second-order valence-electron chi connectivity index (χ2n) is 4.62. The first-order valence-electron chi connectivity index (χ1n) is 5.94. The maximum atomic E-state index is 9.52. The molecular formula is C11H14ClN5O. The number of hydrogen-bond donors (Lipinski definition) is 1. The van der Waals surface area contributed by atoms with Crippen LogP contribution in [0.1, 0.15) is 13.3 Å². The summed E-state index contributed by atoms with van der Waals surface area (Å²) in [4.78, 5) is 10.3. The van der Waals surface area contributed by atoms with Crippen molar-refractivity contribution in [2.24, 2.45) is 5.92 Å². The zero-order valence-electron chi connectivity index (χ0n) is 9.99. The van der Waals surface area contributed by atoms with E-state index in [4.69, 9.17) is 11.6 Å². The quantitative estimate of drug-likeness (QED) is 0.822. The molecule has 2 unspecified atom stereocenters. The Kier molecular flexibility index (Phi) is 2.83. The van der Waals surface area contributed by atoms with Crippen LogP contribution in [0.3, 0.4) is 0 Å². The van der Waals surface area contributed by atoms with Crippen LogP contribution in [0.5, 0.6) is 0 Å². The smallest absolute Gasteiger partial charge is 0.255 e. The second kappa shape index (κ2) is 4.37. The maximum absolute atomic E-state index is 9.52. The van der Waals surface area contributed by atoms with E-state index in [9.17, 15) is 5.11 Å². The fourth-order valence-corrected chi connectivity index (χ4v) is 2.72. The summed E-state index contributed by atoms with van der Waals surface area (Å²) in [6.07, 6.45) is 2.50. The Morgan fingerprint density at radius 2 is 2.39 bits per heavy atom. The molecule has 0 radical (unpaired) electrons. The highest BCUT2D eigenvalue weighted by Gasteiger charge is 2.32. The van der Waals surface area contributed by atoms with E-state index in [-0.39, 0.29) is 12.6 Å². The molecule has 0 aromatic carbocycles. The predicted molar refractivity (Wildman–Crippen MR) is 67.8 cm³/mol. The molecule has 2 aromatic rings. The Morgan fingerprint density at radius 3 is 3.17 bits per heavy atom. The van der Waals surface area contributed by atoms with Crippen LogP contribution in [0, 0.1) is 5.92 Å². The monoisotopic (exact) mass is 267 g/mol. The van der Waals surface area contributed by atoms with E-state index in [1.165, 1.54) is 6.33 Å². The van der Waals surface area contributed by atoms with Crippen molar-refractivity contribution >= 4 is 23.2 Å². The minimum atomic E-state index is 0.0934. The Balaban J connectivity index is 2.11. The van der Waals surface area contributed by atoms with E-state index < -0.39 is 0 Å². The number of aromatic nitrogens is 4. The van der Waals surface area contributed by atoms with Crippen molar-refractivity contribution in [3.63, 3.8) is 0 Å². The van der Waals surface area contributed by atoms with Gasteiger partial charge in [-0.2, -0.15) is 19.6 Å². The molecule has 1 saturated heterocycles. The molecule has 1 aliphatic heterocycles. The average molecular weight is 268 g/mol. The number of halogens is 1. The van der Waals surface area contributed by atoms with Crippen LogP contribution in [0.2, 0.25) is 5.15 Å². The molecule has 0 amide bonds. The molecule has 1 fully saturated rings. The SMILES string of the molecule is CC1CCN(c2cc(Cl)nc3ncnn23)C1CO. The van der Waals surface area contributed by atoms with E-state index in [2.05, 4.69) is 26.9 Å². The van der Waals surface area contributed by atoms with Gasteiger partial charge in [-0.05, 0) is 12.3 Å². The number of fused-ring (bicyclic) bond motifs is 1. The van der Waals surface area contributed by atoms with Gasteiger partial charge in [-0.1, -0.05) is 18.5 Å². The Hall–Kier alpha value is -1.40. The molecule has 0 aliphatic carbocycles. The van der Waals surface area contributed by atoms with Crippen molar-refractivity contribution in [2.45, 2.75) is 19.4 Å². The summed E-state index contributed by atoms with van der Waals surface area (Å²) in [5.74, 6) is 1.76. The third-order valence-corrected chi connectivity index (χ3v) is 3.76. The molecule has 2 aromatic heterocycles. The molecule has 3 heterocycles. The fraction of sp³-hybridized carbons (Fsp3) is 0.545. The van der Waals surface area contributed by atoms with Gasteiger partial charge in [0.05, 0.1) is 12.6 Å². The third-order valence-electron chi connectivity index (χ3n) is 3.57. The van der Waals surface area contributed by atoms with Crippen LogP contribution >= 0.6 is 11.6 Å². The highest BCUT2D eigenvalue weighted by Crippen LogP contribution is 2.30. The third kappa shape index (κ3) is 1.72. The predicted octanol–water partition coefficient (Wildman–Crippen LogP) is 0.985. The van der Waals surface area contributed by atoms with Crippen LogP contribution in [0.15, 0.2) is 12.4 Å². The van der Waals surface area contributed by atoms with Crippen LogP contribution in [-0.2, 0) is 0 Å². The Morgan fingerprint density at radius 1 is 1.56 bits per heavy atom. The van der Waals surface area contributed by atoms with E-state index in [1.807, 2.05) is 0 Å². The molecule has 0 saturated carbocycles. The van der Waals surface area contributed by atoms with Crippen molar-refractivity contribution in [1.29, 1.82) is 0 Å². The van der Waals surface area contributed by atoms with Gasteiger partial charge in [0, 0.05) is 12.6 Å². The maximum Gasteiger partial charge on any atom is 0.255 e. The van der Waals surface area contributed by atoms with Gasteiger partial charge in [0.2, 0.25) is 0 Å². The molecule has 1 N–H and O–H groups in total. The van der Waals surface area contributed by atoms with Crippen molar-refractivity contribution < 1.29 is 5.11 Å². The zero-order chi connectivity index (χ0) is 12.7. The van der Waals surface area contributed by atoms with Gasteiger partial charge < -0.3 is 10.0 Å². The molecule has 1 aliphatic rings. The highest BCUT2D eigenvalue weighted by atomic mass is 35.5. The summed E-state index contributed by atoms with van der Waals surface area (Å²) in [5.41, 5.74) is 0. The minimum Gasteiger partial charge on any atom is -0.394 e. The number of anilines is 1. The van der Waals surface area contributed by atoms with Crippen molar-refractivity contribution in [2.75, 3.05) is 18.1 Å². The Labute approximate surface area is 109 Å². The summed E-state index contributed by atoms with van der Waals surface area (Å²) in [5, 5.41) is 14.1. The average Bonchev–Trinajstić information content (AvgIpc) is 2.93. The van der Waals surface area contributed by atoms with Crippen LogP contribution in [0.25, 0.3) is 5.78 Å². The van der Waals surface area contributed by atoms with E-state index >= 15 is 0 Å². The largest absolute Gasteiger partial charge is 0.394 e. The summed E-state index contributed by atoms with van der Waals surface area (Å²) in [7, 11) is 0. The van der Waals surface area contributed by atoms with Gasteiger partial charge in [0.1, 0.15) is 17.3 Å². The number of nitrogens with zero attached hydrogens (tertiary/aromatic N) is 5. The molecule has 0 bridgehead atoms. The summed E-state index contributed by atoms with van der Waals surface area (Å²) in [6.45, 7) is 3.14. The van der Waals surface area contributed by atoms with Crippen LogP contribution in [0.4, 0.5) is 5.82 Å². The van der Waals surface area contributed by atoms with Gasteiger partial charge >= 0.3 is 0 Å². The topological polar surface area (TPSA) is 66.6 Å². The second-order valence-corrected chi connectivity index (χ2v) is 5.01. The van der Waals surface area contributed by atoms with Crippen molar-refractivity contribution in [1.82, 2.24) is 19.6 Å². The molecule has 7 heteroatoms. The van der Waals surface area contributed by atoms with E-state index in [0.717, 1.165) is 18.8 Å². The highest BCUT2D eigenvalue weighted by molar-refractivity contribution is 6.29. The molecule has 18 heavy (non-hydrogen) atoms. The lowest BCUT2D eigenvalue weighted by atomic mass is 10.0. The van der Waals surface area contributed by atoms with Gasteiger partial charge in [-0.25, -0.2) is 0 Å². The van der Waals surface area contributed by atoms with Gasteiger partial charge in [0.15, 0.2) is 0 Å². The first kappa shape index (κ1) is 11.7. The lowest BCUT2D eigenvalue weighted by Gasteiger charge is -2.27. The van der Waals surface area contributed by atoms with Crippen molar-refractivity contribution in [3.8, 4) is 0 Å². The molecule has 96 valence electrons. The molecule has 2 atom stereocenters. The Bertz CT molecular complexity index is 572. The van der Waals surface area contributed by atoms with Gasteiger partial charge in [0.25, 0.3) is 5.78 Å². The molecule has 0 spiro atoms. The normalized spacial score (nSPS) is 24.1. The lowest BCUT2D eigenvalue weighted by molar-refractivity contribution is 0.244. The fourth-order valence-electron chi connectivity index (χ4n) is 2.54. The summed E-state index contributed by atoms with van der Waals surface area (Å²) >= 11 is 6.01. The zero-order valence-corrected chi connectivity index (χ0v) is 10.7. The first-order chi connectivity index (χ1) is 8.70. The lowest BCUT2D eigenvalue weighted by Crippen LogP contribution is -2.36. The number of aliphatic hydroxyl groups excluding tert-OH is 1. The first-order valence-corrected chi connectivity index (χ1v) is 6.32. The van der Waals surface area contributed by atoms with Crippen molar-refractivity contribution in [3.05, 3.63) is 17.5 Å². The van der Waals surface area contributed by atoms with Gasteiger partial charge in [-0.3, -0.25) is 0 Å². The summed E-state index contributed by atoms with van der Waals surface area (Å²) < 4.78 is 1.66. The molecular weight excluding hydrogens is 254 g/mol. The number of hydrogen-bond acceptors (Lipinski definition) is 5. The van der Waals surface area contributed by atoms with Crippen LogP contribution in [-0.4, -0.2) is 43.9 Å². The van der Waals surface area contributed by atoms with Crippen LogP contribution < -0.4 is 4.90 Å². The number of aliphatic hydroxyl groups is 1. The van der Waals surface area contributed by atoms with E-state index in [1.54, 1.807) is 10.6 Å².